The van der Waals surface area contributed by atoms with Gasteiger partial charge in [-0.3, -0.25) is 9.71 Å². The first kappa shape index (κ1) is 34.1. The summed E-state index contributed by atoms with van der Waals surface area (Å²) in [5.74, 6) is -0.236. The molecule has 9 nitrogen and oxygen atoms in total. The van der Waals surface area contributed by atoms with Gasteiger partial charge < -0.3 is 19.9 Å². The minimum atomic E-state index is -0.997. The van der Waals surface area contributed by atoms with Gasteiger partial charge in [0.2, 0.25) is 11.8 Å². The van der Waals surface area contributed by atoms with Crippen molar-refractivity contribution >= 4 is 23.9 Å². The molecule has 2 aromatic carbocycles. The molecular weight excluding hydrogens is 617 g/mol. The molecule has 5 rings (SSSR count). The quantitative estimate of drug-likeness (QED) is 0.115. The highest BCUT2D eigenvalue weighted by Crippen LogP contribution is 2.31. The SMILES string of the molecule is Cc1cccc(C)c1-c1cc(OCC(CC(C)(C)C)NCc2ncc(OC3CCC3)cc2F)nc(NSc2cccc(C(=O)O)c2)n1. The zero-order chi connectivity index (χ0) is 33.6. The summed E-state index contributed by atoms with van der Waals surface area (Å²) in [6.45, 7) is 11.0. The first-order valence-corrected chi connectivity index (χ1v) is 16.6. The lowest BCUT2D eigenvalue weighted by Crippen LogP contribution is -2.38. The van der Waals surface area contributed by atoms with Crippen LogP contribution >= 0.6 is 11.9 Å². The second-order valence-electron chi connectivity index (χ2n) is 13.1. The van der Waals surface area contributed by atoms with Crippen LogP contribution in [0.3, 0.4) is 0 Å². The summed E-state index contributed by atoms with van der Waals surface area (Å²) in [4.78, 5) is 25.9. The lowest BCUT2D eigenvalue weighted by Gasteiger charge is -2.27. The first-order chi connectivity index (χ1) is 22.4. The van der Waals surface area contributed by atoms with Gasteiger partial charge in [0.15, 0.2) is 0 Å². The third-order valence-corrected chi connectivity index (χ3v) is 8.65. The van der Waals surface area contributed by atoms with Crippen molar-refractivity contribution in [3.05, 3.63) is 89.0 Å². The van der Waals surface area contributed by atoms with Gasteiger partial charge in [-0.2, -0.15) is 4.98 Å². The average molecular weight is 660 g/mol. The van der Waals surface area contributed by atoms with Gasteiger partial charge in [0, 0.05) is 35.2 Å². The highest BCUT2D eigenvalue weighted by atomic mass is 32.2. The number of benzene rings is 2. The number of carboxylic acids is 1. The summed E-state index contributed by atoms with van der Waals surface area (Å²) < 4.78 is 30.3. The topological polar surface area (TPSA) is 118 Å². The number of aryl methyl sites for hydroxylation is 2. The van der Waals surface area contributed by atoms with Crippen LogP contribution in [-0.2, 0) is 6.54 Å². The zero-order valence-electron chi connectivity index (χ0n) is 27.5. The van der Waals surface area contributed by atoms with E-state index < -0.39 is 11.8 Å². The van der Waals surface area contributed by atoms with E-state index in [9.17, 15) is 14.3 Å². The molecule has 0 aliphatic heterocycles. The molecule has 1 unspecified atom stereocenters. The van der Waals surface area contributed by atoms with Gasteiger partial charge in [-0.15, -0.1) is 0 Å². The molecule has 11 heteroatoms. The number of aromatic nitrogens is 3. The number of ether oxygens (including phenoxy) is 2. The number of nitrogens with zero attached hydrogens (tertiary/aromatic N) is 3. The Bertz CT molecular complexity index is 1690. The van der Waals surface area contributed by atoms with Gasteiger partial charge in [-0.25, -0.2) is 14.2 Å². The van der Waals surface area contributed by atoms with E-state index in [0.717, 1.165) is 42.4 Å². The third-order valence-electron chi connectivity index (χ3n) is 7.88. The summed E-state index contributed by atoms with van der Waals surface area (Å²) >= 11 is 1.22. The Morgan fingerprint density at radius 1 is 1.09 bits per heavy atom. The number of carbonyl (C=O) groups is 1. The number of pyridine rings is 1. The largest absolute Gasteiger partial charge is 0.489 e. The van der Waals surface area contributed by atoms with Crippen molar-refractivity contribution in [1.29, 1.82) is 0 Å². The van der Waals surface area contributed by atoms with Gasteiger partial charge in [0.1, 0.15) is 18.2 Å². The molecule has 2 heterocycles. The average Bonchev–Trinajstić information content (AvgIpc) is 2.99. The predicted molar refractivity (Wildman–Crippen MR) is 182 cm³/mol. The highest BCUT2D eigenvalue weighted by molar-refractivity contribution is 8.00. The van der Waals surface area contributed by atoms with Crippen LogP contribution in [0.25, 0.3) is 11.3 Å². The molecule has 0 bridgehead atoms. The van der Waals surface area contributed by atoms with Crippen LogP contribution in [0.4, 0.5) is 10.3 Å². The van der Waals surface area contributed by atoms with Crippen LogP contribution in [0.5, 0.6) is 11.6 Å². The van der Waals surface area contributed by atoms with Crippen molar-refractivity contribution in [2.75, 3.05) is 11.3 Å². The fraction of sp³-hybridized carbons (Fsp3) is 0.389. The number of anilines is 1. The molecule has 1 fully saturated rings. The molecule has 47 heavy (non-hydrogen) atoms. The number of hydrogen-bond donors (Lipinski definition) is 3. The maximum atomic E-state index is 15.0. The van der Waals surface area contributed by atoms with Gasteiger partial charge in [0.05, 0.1) is 29.3 Å². The summed E-state index contributed by atoms with van der Waals surface area (Å²) in [5.41, 5.74) is 4.29. The molecule has 1 atom stereocenters. The van der Waals surface area contributed by atoms with Crippen LogP contribution in [-0.4, -0.2) is 44.8 Å². The van der Waals surface area contributed by atoms with Gasteiger partial charge in [0.25, 0.3) is 0 Å². The Hall–Kier alpha value is -4.22. The Kier molecular flexibility index (Phi) is 11.0. The molecule has 248 valence electrons. The predicted octanol–water partition coefficient (Wildman–Crippen LogP) is 8.02. The van der Waals surface area contributed by atoms with Crippen LogP contribution in [0, 0.1) is 25.1 Å². The Balaban J connectivity index is 1.33. The van der Waals surface area contributed by atoms with E-state index in [0.29, 0.717) is 33.9 Å². The molecule has 0 saturated heterocycles. The summed E-state index contributed by atoms with van der Waals surface area (Å²) in [6.07, 6.45) is 5.63. The lowest BCUT2D eigenvalue weighted by molar-refractivity contribution is 0.0696. The molecule has 0 radical (unpaired) electrons. The maximum Gasteiger partial charge on any atom is 0.335 e. The number of rotatable bonds is 14. The van der Waals surface area contributed by atoms with Crippen molar-refractivity contribution in [3.63, 3.8) is 0 Å². The molecule has 1 aliphatic carbocycles. The van der Waals surface area contributed by atoms with E-state index in [2.05, 4.69) is 40.8 Å². The van der Waals surface area contributed by atoms with Gasteiger partial charge >= 0.3 is 5.97 Å². The number of carboxylic acid groups (broad SMARTS) is 1. The highest BCUT2D eigenvalue weighted by Gasteiger charge is 2.22. The number of nitrogens with one attached hydrogen (secondary N) is 2. The Morgan fingerprint density at radius 2 is 1.83 bits per heavy atom. The maximum absolute atomic E-state index is 15.0. The van der Waals surface area contributed by atoms with E-state index in [4.69, 9.17) is 14.5 Å². The molecular formula is C36H42FN5O4S. The molecule has 1 aliphatic rings. The zero-order valence-corrected chi connectivity index (χ0v) is 28.3. The molecule has 1 saturated carbocycles. The Morgan fingerprint density at radius 3 is 2.49 bits per heavy atom. The van der Waals surface area contributed by atoms with E-state index in [-0.39, 0.29) is 36.3 Å². The summed E-state index contributed by atoms with van der Waals surface area (Å²) in [6, 6.07) is 15.8. The van der Waals surface area contributed by atoms with E-state index >= 15 is 0 Å². The number of halogens is 1. The third kappa shape index (κ3) is 9.65. The van der Waals surface area contributed by atoms with Gasteiger partial charge in [-0.05, 0) is 86.2 Å². The fourth-order valence-corrected chi connectivity index (χ4v) is 6.00. The minimum Gasteiger partial charge on any atom is -0.489 e. The van der Waals surface area contributed by atoms with Crippen molar-refractivity contribution in [1.82, 2.24) is 20.3 Å². The lowest BCUT2D eigenvalue weighted by atomic mass is 9.88. The molecule has 3 N–H and O–H groups in total. The van der Waals surface area contributed by atoms with Crippen LogP contribution in [0.2, 0.25) is 0 Å². The van der Waals surface area contributed by atoms with Crippen molar-refractivity contribution in [3.8, 4) is 22.9 Å². The van der Waals surface area contributed by atoms with E-state index in [1.54, 1.807) is 24.4 Å². The summed E-state index contributed by atoms with van der Waals surface area (Å²) in [7, 11) is 0. The standard InChI is InChI=1S/C36H42FN5O4S/c1-22-9-6-10-23(2)33(22)30-17-32(41-35(40-30)42-47-28-14-7-11-24(15-28)34(43)44)45-21-25(18-36(3,4)5)38-20-31-29(37)16-27(19-39-31)46-26-12-8-13-26/h6-7,9-11,14-17,19,25-26,38H,8,12-13,18,20-21H2,1-5H3,(H,43,44)(H,40,41,42). The number of hydrogen-bond acceptors (Lipinski definition) is 9. The fourth-order valence-electron chi connectivity index (χ4n) is 5.37. The normalized spacial score (nSPS) is 13.9. The van der Waals surface area contributed by atoms with Crippen LogP contribution in [0.15, 0.2) is 65.7 Å². The molecule has 4 aromatic rings. The van der Waals surface area contributed by atoms with E-state index in [1.165, 1.54) is 18.0 Å². The monoisotopic (exact) mass is 659 g/mol. The number of aromatic carboxylic acids is 1. The van der Waals surface area contributed by atoms with Crippen molar-refractivity contribution in [2.45, 2.75) is 83.9 Å². The molecule has 2 aromatic heterocycles. The van der Waals surface area contributed by atoms with Crippen LogP contribution in [0.1, 0.15) is 73.6 Å². The molecule has 0 amide bonds. The van der Waals surface area contributed by atoms with Crippen LogP contribution < -0.4 is 19.5 Å². The summed E-state index contributed by atoms with van der Waals surface area (Å²) in [5, 5.41) is 12.8. The molecule has 0 spiro atoms. The second kappa shape index (κ2) is 15.1. The van der Waals surface area contributed by atoms with Gasteiger partial charge in [-0.1, -0.05) is 45.0 Å². The van der Waals surface area contributed by atoms with Crippen molar-refractivity contribution in [2.24, 2.45) is 5.41 Å². The Labute approximate surface area is 279 Å². The minimum absolute atomic E-state index is 0.0313. The van der Waals surface area contributed by atoms with Crippen molar-refractivity contribution < 1.29 is 23.8 Å². The second-order valence-corrected chi connectivity index (χ2v) is 14.0. The van der Waals surface area contributed by atoms with E-state index in [1.807, 2.05) is 44.2 Å². The smallest absolute Gasteiger partial charge is 0.335 e. The first-order valence-electron chi connectivity index (χ1n) is 15.8.